The van der Waals surface area contributed by atoms with Gasteiger partial charge in [-0.25, -0.2) is 4.79 Å². The fourth-order valence-electron chi connectivity index (χ4n) is 2.32. The van der Waals surface area contributed by atoms with E-state index in [2.05, 4.69) is 4.74 Å². The number of methoxy groups -OCH3 is 1. The monoisotopic (exact) mass is 314 g/mol. The fraction of sp³-hybridized carbons (Fsp3) is 0.462. The number of hydrogen-bond acceptors (Lipinski definition) is 6. The molecule has 0 spiro atoms. The fourth-order valence-corrected chi connectivity index (χ4v) is 2.49. The first-order valence-corrected chi connectivity index (χ1v) is 6.72. The van der Waals surface area contributed by atoms with E-state index in [0.29, 0.717) is 12.2 Å². The van der Waals surface area contributed by atoms with Gasteiger partial charge < -0.3 is 14.4 Å². The van der Waals surface area contributed by atoms with Crippen LogP contribution in [0.4, 0.5) is 11.4 Å². The number of esters is 1. The second kappa shape index (κ2) is 6.28. The Morgan fingerprint density at radius 1 is 1.52 bits per heavy atom. The second-order valence-corrected chi connectivity index (χ2v) is 5.19. The zero-order chi connectivity index (χ0) is 15.6. The third-order valence-electron chi connectivity index (χ3n) is 3.20. The molecule has 0 aliphatic carbocycles. The smallest absolute Gasteiger partial charge is 0.336 e. The summed E-state index contributed by atoms with van der Waals surface area (Å²) in [5.41, 5.74) is 0.314. The number of anilines is 1. The highest BCUT2D eigenvalue weighted by atomic mass is 35.5. The first kappa shape index (κ1) is 15.5. The molecule has 0 bridgehead atoms. The third kappa shape index (κ3) is 3.43. The van der Waals surface area contributed by atoms with Crippen LogP contribution in [0.2, 0.25) is 5.02 Å². The van der Waals surface area contributed by atoms with Crippen LogP contribution in [0, 0.1) is 10.1 Å². The molecule has 0 radical (unpaired) electrons. The summed E-state index contributed by atoms with van der Waals surface area (Å²) >= 11 is 5.81. The van der Waals surface area contributed by atoms with Crippen LogP contribution in [-0.2, 0) is 14.3 Å². The molecule has 114 valence electrons. The maximum Gasteiger partial charge on any atom is 0.336 e. The number of nitro benzene ring substituents is 1. The van der Waals surface area contributed by atoms with Crippen LogP contribution in [0.15, 0.2) is 18.2 Å². The van der Waals surface area contributed by atoms with E-state index in [0.717, 1.165) is 0 Å². The maximum absolute atomic E-state index is 11.6. The number of carbonyl (C=O) groups is 1. The van der Waals surface area contributed by atoms with Gasteiger partial charge in [0.05, 0.1) is 24.7 Å². The summed E-state index contributed by atoms with van der Waals surface area (Å²) in [4.78, 5) is 24.0. The van der Waals surface area contributed by atoms with E-state index in [1.165, 1.54) is 13.2 Å². The third-order valence-corrected chi connectivity index (χ3v) is 3.43. The van der Waals surface area contributed by atoms with Gasteiger partial charge in [-0.15, -0.1) is 0 Å². The minimum Gasteiger partial charge on any atom is -0.467 e. The Labute approximate surface area is 126 Å². The summed E-state index contributed by atoms with van der Waals surface area (Å²) in [5.74, 6) is -0.497. The summed E-state index contributed by atoms with van der Waals surface area (Å²) < 4.78 is 10.2. The molecule has 0 unspecified atom stereocenters. The first-order chi connectivity index (χ1) is 9.92. The lowest BCUT2D eigenvalue weighted by Crippen LogP contribution is -2.50. The van der Waals surface area contributed by atoms with Gasteiger partial charge in [0.15, 0.2) is 6.10 Å². The van der Waals surface area contributed by atoms with E-state index in [4.69, 9.17) is 16.3 Å². The molecule has 1 aromatic carbocycles. The van der Waals surface area contributed by atoms with Crippen LogP contribution < -0.4 is 4.90 Å². The van der Waals surface area contributed by atoms with Crippen molar-refractivity contribution in [1.29, 1.82) is 0 Å². The van der Waals surface area contributed by atoms with Gasteiger partial charge in [-0.1, -0.05) is 11.6 Å². The molecule has 21 heavy (non-hydrogen) atoms. The average molecular weight is 315 g/mol. The molecule has 0 N–H and O–H groups in total. The molecule has 7 nitrogen and oxygen atoms in total. The SMILES string of the molecule is COC(=O)[C@H]1CN(c2ccc(Cl)cc2[N+](=O)[O-])C[C@@H](C)O1. The minimum atomic E-state index is -0.769. The van der Waals surface area contributed by atoms with Gasteiger partial charge in [0.1, 0.15) is 5.69 Å². The quantitative estimate of drug-likeness (QED) is 0.482. The molecular weight excluding hydrogens is 300 g/mol. The Hall–Kier alpha value is -1.86. The van der Waals surface area contributed by atoms with Gasteiger partial charge in [0, 0.05) is 17.6 Å². The van der Waals surface area contributed by atoms with Gasteiger partial charge in [0.25, 0.3) is 5.69 Å². The molecule has 1 heterocycles. The van der Waals surface area contributed by atoms with Crippen molar-refractivity contribution in [2.24, 2.45) is 0 Å². The zero-order valence-corrected chi connectivity index (χ0v) is 12.4. The summed E-state index contributed by atoms with van der Waals surface area (Å²) in [6, 6.07) is 4.45. The van der Waals surface area contributed by atoms with Crippen molar-refractivity contribution in [3.63, 3.8) is 0 Å². The summed E-state index contributed by atoms with van der Waals surface area (Å²) in [5, 5.41) is 11.5. The number of nitrogens with zero attached hydrogens (tertiary/aromatic N) is 2. The average Bonchev–Trinajstić information content (AvgIpc) is 2.45. The summed E-state index contributed by atoms with van der Waals surface area (Å²) in [6.07, 6.45) is -1.02. The number of carbonyl (C=O) groups excluding carboxylic acids is 1. The number of hydrogen-bond donors (Lipinski definition) is 0. The Bertz CT molecular complexity index is 565. The molecule has 8 heteroatoms. The number of halogens is 1. The zero-order valence-electron chi connectivity index (χ0n) is 11.6. The molecular formula is C13H15ClN2O5. The first-order valence-electron chi connectivity index (χ1n) is 6.34. The standard InChI is InChI=1S/C13H15ClN2O5/c1-8-6-15(7-12(21-8)13(17)20-2)10-4-3-9(14)5-11(10)16(18)19/h3-5,8,12H,6-7H2,1-2H3/t8-,12-/m1/s1. The molecule has 0 saturated carbocycles. The molecule has 2 atom stereocenters. The van der Waals surface area contributed by atoms with E-state index in [1.54, 1.807) is 24.0 Å². The largest absolute Gasteiger partial charge is 0.467 e. The number of morpholine rings is 1. The van der Waals surface area contributed by atoms with E-state index in [9.17, 15) is 14.9 Å². The van der Waals surface area contributed by atoms with Crippen molar-refractivity contribution >= 4 is 28.9 Å². The van der Waals surface area contributed by atoms with Crippen molar-refractivity contribution in [2.45, 2.75) is 19.1 Å². The van der Waals surface area contributed by atoms with E-state index >= 15 is 0 Å². The van der Waals surface area contributed by atoms with Crippen LogP contribution >= 0.6 is 11.6 Å². The van der Waals surface area contributed by atoms with E-state index in [1.807, 2.05) is 0 Å². The van der Waals surface area contributed by atoms with Crippen molar-refractivity contribution in [3.8, 4) is 0 Å². The molecule has 0 aromatic heterocycles. The van der Waals surface area contributed by atoms with Gasteiger partial charge in [-0.05, 0) is 19.1 Å². The molecule has 1 fully saturated rings. The second-order valence-electron chi connectivity index (χ2n) is 4.75. The molecule has 1 aliphatic heterocycles. The van der Waals surface area contributed by atoms with Crippen molar-refractivity contribution in [2.75, 3.05) is 25.1 Å². The molecule has 0 amide bonds. The normalized spacial score (nSPS) is 22.0. The number of nitro groups is 1. The molecule has 1 saturated heterocycles. The van der Waals surface area contributed by atoms with E-state index in [-0.39, 0.29) is 23.4 Å². The molecule has 1 aliphatic rings. The predicted octanol–water partition coefficient (Wildman–Crippen LogP) is 2.01. The predicted molar refractivity (Wildman–Crippen MR) is 76.7 cm³/mol. The van der Waals surface area contributed by atoms with Crippen LogP contribution in [0.5, 0.6) is 0 Å². The summed E-state index contributed by atoms with van der Waals surface area (Å²) in [6.45, 7) is 2.43. The number of ether oxygens (including phenoxy) is 2. The van der Waals surface area contributed by atoms with Crippen LogP contribution in [0.1, 0.15) is 6.92 Å². The Balaban J connectivity index is 2.32. The van der Waals surface area contributed by atoms with Gasteiger partial charge in [-0.2, -0.15) is 0 Å². The van der Waals surface area contributed by atoms with Crippen LogP contribution in [0.25, 0.3) is 0 Å². The Morgan fingerprint density at radius 3 is 2.86 bits per heavy atom. The van der Waals surface area contributed by atoms with Gasteiger partial charge in [0.2, 0.25) is 0 Å². The number of benzene rings is 1. The minimum absolute atomic E-state index is 0.0970. The van der Waals surface area contributed by atoms with Crippen LogP contribution in [-0.4, -0.2) is 43.3 Å². The highest BCUT2D eigenvalue weighted by Gasteiger charge is 2.33. The Kier molecular flexibility index (Phi) is 4.64. The lowest BCUT2D eigenvalue weighted by Gasteiger charge is -2.36. The lowest BCUT2D eigenvalue weighted by molar-refractivity contribution is -0.384. The lowest BCUT2D eigenvalue weighted by atomic mass is 10.1. The topological polar surface area (TPSA) is 81.9 Å². The Morgan fingerprint density at radius 2 is 2.24 bits per heavy atom. The maximum atomic E-state index is 11.6. The van der Waals surface area contributed by atoms with E-state index < -0.39 is 17.0 Å². The molecule has 1 aromatic rings. The number of rotatable bonds is 3. The van der Waals surface area contributed by atoms with Crippen molar-refractivity contribution in [3.05, 3.63) is 33.3 Å². The highest BCUT2D eigenvalue weighted by Crippen LogP contribution is 2.32. The van der Waals surface area contributed by atoms with Crippen molar-refractivity contribution in [1.82, 2.24) is 0 Å². The highest BCUT2D eigenvalue weighted by molar-refractivity contribution is 6.30. The van der Waals surface area contributed by atoms with Crippen molar-refractivity contribution < 1.29 is 19.2 Å². The van der Waals surface area contributed by atoms with Gasteiger partial charge in [-0.3, -0.25) is 10.1 Å². The van der Waals surface area contributed by atoms with Crippen LogP contribution in [0.3, 0.4) is 0 Å². The van der Waals surface area contributed by atoms with Gasteiger partial charge >= 0.3 is 5.97 Å². The molecule has 2 rings (SSSR count). The summed E-state index contributed by atoms with van der Waals surface area (Å²) in [7, 11) is 1.28.